The lowest BCUT2D eigenvalue weighted by atomic mass is 9.88. The zero-order valence-corrected chi connectivity index (χ0v) is 16.4. The maximum atomic E-state index is 15.1. The molecule has 2 aliphatic heterocycles. The first-order chi connectivity index (χ1) is 13.3. The summed E-state index contributed by atoms with van der Waals surface area (Å²) in [5.74, 6) is -0.641. The molecule has 2 fully saturated rings. The number of carbonyl (C=O) groups excluding carboxylic acids is 2. The molecule has 1 aromatic carbocycles. The largest absolute Gasteiger partial charge is 0.368 e. The van der Waals surface area contributed by atoms with Crippen LogP contribution in [-0.2, 0) is 4.79 Å². The Balaban J connectivity index is 1.73. The first kappa shape index (κ1) is 18.8. The minimum atomic E-state index is -0.707. The lowest BCUT2D eigenvalue weighted by Crippen LogP contribution is -2.40. The predicted molar refractivity (Wildman–Crippen MR) is 107 cm³/mol. The van der Waals surface area contributed by atoms with Gasteiger partial charge in [0, 0.05) is 37.3 Å². The van der Waals surface area contributed by atoms with Crippen LogP contribution in [0, 0.1) is 24.6 Å². The van der Waals surface area contributed by atoms with Crippen LogP contribution in [0.5, 0.6) is 0 Å². The van der Waals surface area contributed by atoms with E-state index in [1.807, 2.05) is 4.90 Å². The van der Waals surface area contributed by atoms with E-state index >= 15 is 4.39 Å². The van der Waals surface area contributed by atoms with Crippen LogP contribution in [0.25, 0.3) is 10.9 Å². The van der Waals surface area contributed by atoms with Crippen LogP contribution < -0.4 is 10.6 Å². The SMILES string of the molecule is C=CC(=O)N1C[C@@H]2CN(c3c(F)cc(C(N)=O)c4[nH]c(C)c(Cl)c34)CC[C@H]2C1. The average molecular weight is 405 g/mol. The van der Waals surface area contributed by atoms with E-state index < -0.39 is 11.7 Å². The minimum absolute atomic E-state index is 0.0652. The summed E-state index contributed by atoms with van der Waals surface area (Å²) < 4.78 is 15.1. The topological polar surface area (TPSA) is 82.4 Å². The Kier molecular flexibility index (Phi) is 4.57. The Hall–Kier alpha value is -2.54. The van der Waals surface area contributed by atoms with E-state index in [4.69, 9.17) is 17.3 Å². The van der Waals surface area contributed by atoms with Crippen molar-refractivity contribution >= 4 is 40.0 Å². The van der Waals surface area contributed by atoms with Crippen LogP contribution >= 0.6 is 11.6 Å². The summed E-state index contributed by atoms with van der Waals surface area (Å²) in [6, 6.07) is 1.18. The average Bonchev–Trinajstić information content (AvgIpc) is 3.22. The fourth-order valence-corrected chi connectivity index (χ4v) is 4.83. The molecule has 2 aliphatic rings. The number of nitrogens with one attached hydrogen (secondary N) is 1. The highest BCUT2D eigenvalue weighted by Gasteiger charge is 2.39. The number of halogens is 2. The number of piperidine rings is 1. The number of anilines is 1. The Labute approximate surface area is 167 Å². The highest BCUT2D eigenvalue weighted by molar-refractivity contribution is 6.38. The second kappa shape index (κ2) is 6.81. The van der Waals surface area contributed by atoms with Gasteiger partial charge < -0.3 is 20.5 Å². The van der Waals surface area contributed by atoms with Gasteiger partial charge in [0.05, 0.1) is 21.8 Å². The maximum absolute atomic E-state index is 15.1. The molecule has 1 aromatic heterocycles. The van der Waals surface area contributed by atoms with Crippen LogP contribution in [0.4, 0.5) is 10.1 Å². The van der Waals surface area contributed by atoms with Gasteiger partial charge >= 0.3 is 0 Å². The number of nitrogens with zero attached hydrogens (tertiary/aromatic N) is 2. The first-order valence-electron chi connectivity index (χ1n) is 9.28. The van der Waals surface area contributed by atoms with Gasteiger partial charge in [0.25, 0.3) is 5.91 Å². The van der Waals surface area contributed by atoms with E-state index in [0.29, 0.717) is 59.4 Å². The molecule has 2 atom stereocenters. The number of H-pyrrole nitrogens is 1. The van der Waals surface area contributed by atoms with E-state index in [1.54, 1.807) is 11.8 Å². The monoisotopic (exact) mass is 404 g/mol. The van der Waals surface area contributed by atoms with E-state index in [1.165, 1.54) is 12.1 Å². The number of carbonyl (C=O) groups is 2. The van der Waals surface area contributed by atoms with E-state index in [9.17, 15) is 9.59 Å². The van der Waals surface area contributed by atoms with E-state index in [2.05, 4.69) is 11.6 Å². The Morgan fingerprint density at radius 3 is 2.75 bits per heavy atom. The molecule has 2 amide bonds. The van der Waals surface area contributed by atoms with Crippen molar-refractivity contribution in [3.63, 3.8) is 0 Å². The van der Waals surface area contributed by atoms with Gasteiger partial charge in [0.1, 0.15) is 5.82 Å². The third kappa shape index (κ3) is 2.85. The molecule has 2 aromatic rings. The number of benzene rings is 1. The van der Waals surface area contributed by atoms with Gasteiger partial charge in [0.2, 0.25) is 5.91 Å². The Bertz CT molecular complexity index is 1000. The van der Waals surface area contributed by atoms with Crippen LogP contribution in [-0.4, -0.2) is 47.9 Å². The number of aryl methyl sites for hydroxylation is 1. The number of aromatic amines is 1. The second-order valence-electron chi connectivity index (χ2n) is 7.63. The summed E-state index contributed by atoms with van der Waals surface area (Å²) in [6.07, 6.45) is 2.19. The molecule has 3 heterocycles. The molecule has 0 unspecified atom stereocenters. The number of fused-ring (bicyclic) bond motifs is 2. The van der Waals surface area contributed by atoms with Gasteiger partial charge in [0.15, 0.2) is 0 Å². The number of rotatable bonds is 3. The summed E-state index contributed by atoms with van der Waals surface area (Å²) >= 11 is 6.47. The third-order valence-corrected chi connectivity index (χ3v) is 6.46. The van der Waals surface area contributed by atoms with Crippen molar-refractivity contribution in [2.24, 2.45) is 17.6 Å². The van der Waals surface area contributed by atoms with Gasteiger partial charge in [-0.25, -0.2) is 4.39 Å². The molecule has 28 heavy (non-hydrogen) atoms. The zero-order chi connectivity index (χ0) is 20.2. The van der Waals surface area contributed by atoms with Crippen LogP contribution in [0.3, 0.4) is 0 Å². The van der Waals surface area contributed by atoms with Crippen molar-refractivity contribution in [3.8, 4) is 0 Å². The molecule has 0 spiro atoms. The maximum Gasteiger partial charge on any atom is 0.250 e. The van der Waals surface area contributed by atoms with Gasteiger partial charge in [-0.1, -0.05) is 18.2 Å². The van der Waals surface area contributed by atoms with Crippen molar-refractivity contribution in [2.75, 3.05) is 31.1 Å². The van der Waals surface area contributed by atoms with Crippen molar-refractivity contribution in [1.29, 1.82) is 0 Å². The zero-order valence-electron chi connectivity index (χ0n) is 15.6. The summed E-state index contributed by atoms with van der Waals surface area (Å²) in [5.41, 5.74) is 7.03. The summed E-state index contributed by atoms with van der Waals surface area (Å²) in [5, 5.41) is 0.882. The van der Waals surface area contributed by atoms with Crippen molar-refractivity contribution in [1.82, 2.24) is 9.88 Å². The standard InChI is InChI=1S/C20H22ClFN4O2/c1-3-15(27)26-7-11-4-5-25(8-12(11)9-26)19-14(22)6-13(20(23)28)18-16(19)17(21)10(2)24-18/h3,6,11-12,24H,1,4-5,7-9H2,2H3,(H2,23,28)/t11-,12-/m0/s1. The second-order valence-corrected chi connectivity index (χ2v) is 8.01. The van der Waals surface area contributed by atoms with Crippen LogP contribution in [0.15, 0.2) is 18.7 Å². The molecule has 2 saturated heterocycles. The lowest BCUT2D eigenvalue weighted by molar-refractivity contribution is -0.125. The highest BCUT2D eigenvalue weighted by atomic mass is 35.5. The van der Waals surface area contributed by atoms with Gasteiger partial charge in [-0.3, -0.25) is 9.59 Å². The van der Waals surface area contributed by atoms with Crippen LogP contribution in [0.1, 0.15) is 22.5 Å². The molecule has 8 heteroatoms. The fraction of sp³-hybridized carbons (Fsp3) is 0.400. The predicted octanol–water partition coefficient (Wildman–Crippen LogP) is 2.84. The molecule has 0 bridgehead atoms. The molecule has 0 saturated carbocycles. The Morgan fingerprint density at radius 1 is 1.36 bits per heavy atom. The molecular formula is C20H22ClFN4O2. The first-order valence-corrected chi connectivity index (χ1v) is 9.66. The minimum Gasteiger partial charge on any atom is -0.368 e. The number of aromatic nitrogens is 1. The highest BCUT2D eigenvalue weighted by Crippen LogP contribution is 2.42. The van der Waals surface area contributed by atoms with Gasteiger partial charge in [-0.2, -0.15) is 0 Å². The molecule has 3 N–H and O–H groups in total. The molecule has 6 nitrogen and oxygen atoms in total. The number of hydrogen-bond donors (Lipinski definition) is 2. The molecule has 4 rings (SSSR count). The van der Waals surface area contributed by atoms with E-state index in [0.717, 1.165) is 6.42 Å². The lowest BCUT2D eigenvalue weighted by Gasteiger charge is -2.36. The number of primary amides is 1. The Morgan fingerprint density at radius 2 is 2.07 bits per heavy atom. The number of likely N-dealkylation sites (tertiary alicyclic amines) is 1. The quantitative estimate of drug-likeness (QED) is 0.772. The van der Waals surface area contributed by atoms with Crippen molar-refractivity contribution in [3.05, 3.63) is 40.8 Å². The smallest absolute Gasteiger partial charge is 0.250 e. The van der Waals surface area contributed by atoms with Crippen LogP contribution in [0.2, 0.25) is 5.02 Å². The molecule has 0 radical (unpaired) electrons. The number of amides is 2. The molecule has 148 valence electrons. The number of hydrogen-bond acceptors (Lipinski definition) is 3. The number of nitrogens with two attached hydrogens (primary N) is 1. The third-order valence-electron chi connectivity index (χ3n) is 5.98. The fourth-order valence-electron chi connectivity index (χ4n) is 4.60. The normalized spacial score (nSPS) is 21.8. The summed E-state index contributed by atoms with van der Waals surface area (Å²) in [6.45, 7) is 7.95. The summed E-state index contributed by atoms with van der Waals surface area (Å²) in [7, 11) is 0. The molecule has 0 aliphatic carbocycles. The van der Waals surface area contributed by atoms with Gasteiger partial charge in [-0.05, 0) is 37.3 Å². The van der Waals surface area contributed by atoms with Crippen molar-refractivity contribution < 1.29 is 14.0 Å². The molecular weight excluding hydrogens is 383 g/mol. The van der Waals surface area contributed by atoms with Gasteiger partial charge in [-0.15, -0.1) is 0 Å². The summed E-state index contributed by atoms with van der Waals surface area (Å²) in [4.78, 5) is 30.6. The van der Waals surface area contributed by atoms with Crippen molar-refractivity contribution in [2.45, 2.75) is 13.3 Å². The van der Waals surface area contributed by atoms with E-state index in [-0.39, 0.29) is 17.4 Å².